The SMILES string of the molecule is OCSCC1=CSC(c2ccccc2)S1. The number of benzene rings is 1. The number of aliphatic hydroxyl groups excluding tert-OH is 1. The molecule has 1 nitrogen and oxygen atoms in total. The number of rotatable bonds is 4. The van der Waals surface area contributed by atoms with Crippen LogP contribution in [-0.4, -0.2) is 16.8 Å². The van der Waals surface area contributed by atoms with Gasteiger partial charge in [-0.05, 0) is 11.0 Å². The van der Waals surface area contributed by atoms with Crippen molar-refractivity contribution in [3.63, 3.8) is 0 Å². The Kier molecular flexibility index (Phi) is 4.50. The summed E-state index contributed by atoms with van der Waals surface area (Å²) in [5.74, 6) is 1.13. The summed E-state index contributed by atoms with van der Waals surface area (Å²) in [6.07, 6.45) is 0. The molecule has 1 aliphatic rings. The van der Waals surface area contributed by atoms with E-state index in [2.05, 4.69) is 29.7 Å². The van der Waals surface area contributed by atoms with Gasteiger partial charge in [-0.2, -0.15) is 0 Å². The van der Waals surface area contributed by atoms with Crippen molar-refractivity contribution in [2.24, 2.45) is 0 Å². The largest absolute Gasteiger partial charge is 0.386 e. The van der Waals surface area contributed by atoms with Crippen molar-refractivity contribution >= 4 is 35.3 Å². The third-order valence-electron chi connectivity index (χ3n) is 1.99. The zero-order valence-corrected chi connectivity index (χ0v) is 10.6. The van der Waals surface area contributed by atoms with Gasteiger partial charge in [-0.3, -0.25) is 0 Å². The predicted octanol–water partition coefficient (Wildman–Crippen LogP) is 3.69. The average molecular weight is 256 g/mol. The zero-order valence-electron chi connectivity index (χ0n) is 8.13. The summed E-state index contributed by atoms with van der Waals surface area (Å²) in [6.45, 7) is 0. The molecule has 1 N–H and O–H groups in total. The number of hydrogen-bond donors (Lipinski definition) is 1. The van der Waals surface area contributed by atoms with Crippen LogP contribution < -0.4 is 0 Å². The number of thioether (sulfide) groups is 3. The van der Waals surface area contributed by atoms with Gasteiger partial charge in [-0.1, -0.05) is 30.3 Å². The van der Waals surface area contributed by atoms with E-state index in [9.17, 15) is 0 Å². The third-order valence-corrected chi connectivity index (χ3v) is 5.63. The molecule has 0 radical (unpaired) electrons. The first-order valence-corrected chi connectivity index (χ1v) is 7.62. The summed E-state index contributed by atoms with van der Waals surface area (Å²) in [5.41, 5.74) is 1.37. The van der Waals surface area contributed by atoms with E-state index in [0.717, 1.165) is 5.75 Å². The van der Waals surface area contributed by atoms with Crippen LogP contribution in [0, 0.1) is 0 Å². The Morgan fingerprint density at radius 1 is 1.27 bits per heavy atom. The Bertz CT molecular complexity index is 337. The molecule has 2 rings (SSSR count). The van der Waals surface area contributed by atoms with Gasteiger partial charge in [-0.15, -0.1) is 35.3 Å². The second-order valence-electron chi connectivity index (χ2n) is 3.06. The van der Waals surface area contributed by atoms with Crippen LogP contribution in [0.4, 0.5) is 0 Å². The van der Waals surface area contributed by atoms with Crippen molar-refractivity contribution < 1.29 is 5.11 Å². The molecule has 1 unspecified atom stereocenters. The molecule has 0 saturated heterocycles. The molecule has 1 atom stereocenters. The van der Waals surface area contributed by atoms with Gasteiger partial charge in [-0.25, -0.2) is 0 Å². The van der Waals surface area contributed by atoms with Gasteiger partial charge in [0.05, 0.1) is 10.5 Å². The normalized spacial score (nSPS) is 20.3. The van der Waals surface area contributed by atoms with E-state index in [0.29, 0.717) is 4.58 Å². The lowest BCUT2D eigenvalue weighted by atomic mass is 10.2. The van der Waals surface area contributed by atoms with E-state index in [1.807, 2.05) is 29.6 Å². The van der Waals surface area contributed by atoms with Crippen LogP contribution in [0.25, 0.3) is 0 Å². The summed E-state index contributed by atoms with van der Waals surface area (Å²) in [5, 5.41) is 10.9. The van der Waals surface area contributed by atoms with Gasteiger partial charge in [0.25, 0.3) is 0 Å². The second-order valence-corrected chi connectivity index (χ2v) is 6.52. The summed E-state index contributed by atoms with van der Waals surface area (Å²) in [7, 11) is 0. The minimum Gasteiger partial charge on any atom is -0.386 e. The van der Waals surface area contributed by atoms with E-state index >= 15 is 0 Å². The lowest BCUT2D eigenvalue weighted by Crippen LogP contribution is -1.85. The summed E-state index contributed by atoms with van der Waals surface area (Å²) in [6, 6.07) is 10.5. The molecule has 15 heavy (non-hydrogen) atoms. The van der Waals surface area contributed by atoms with Gasteiger partial charge >= 0.3 is 0 Å². The topological polar surface area (TPSA) is 20.2 Å². The van der Waals surface area contributed by atoms with Crippen molar-refractivity contribution in [2.45, 2.75) is 4.58 Å². The maximum atomic E-state index is 8.73. The van der Waals surface area contributed by atoms with Crippen LogP contribution in [0.15, 0.2) is 40.6 Å². The minimum absolute atomic E-state index is 0.207. The highest BCUT2D eigenvalue weighted by Crippen LogP contribution is 2.51. The minimum atomic E-state index is 0.207. The van der Waals surface area contributed by atoms with Crippen molar-refractivity contribution in [3.8, 4) is 0 Å². The van der Waals surface area contributed by atoms with Crippen LogP contribution in [0.1, 0.15) is 10.1 Å². The van der Waals surface area contributed by atoms with Crippen LogP contribution in [0.5, 0.6) is 0 Å². The molecular weight excluding hydrogens is 244 g/mol. The fourth-order valence-electron chi connectivity index (χ4n) is 1.30. The monoisotopic (exact) mass is 256 g/mol. The molecule has 0 fully saturated rings. The average Bonchev–Trinajstić information content (AvgIpc) is 2.76. The molecule has 0 bridgehead atoms. The third kappa shape index (κ3) is 3.21. The van der Waals surface area contributed by atoms with E-state index < -0.39 is 0 Å². The molecular formula is C11H12OS3. The first-order chi connectivity index (χ1) is 7.40. The van der Waals surface area contributed by atoms with Gasteiger partial charge in [0, 0.05) is 10.7 Å². The van der Waals surface area contributed by atoms with E-state index in [4.69, 9.17) is 5.11 Å². The lowest BCUT2D eigenvalue weighted by Gasteiger charge is -2.08. The Balaban J connectivity index is 1.90. The molecule has 1 aromatic rings. The number of hydrogen-bond acceptors (Lipinski definition) is 4. The Morgan fingerprint density at radius 3 is 2.80 bits per heavy atom. The fraction of sp³-hybridized carbons (Fsp3) is 0.273. The Labute approximate surface area is 103 Å². The van der Waals surface area contributed by atoms with Crippen LogP contribution in [0.3, 0.4) is 0 Å². The zero-order chi connectivity index (χ0) is 10.5. The quantitative estimate of drug-likeness (QED) is 0.829. The maximum Gasteiger partial charge on any atom is 0.0889 e. The molecule has 0 spiro atoms. The molecule has 4 heteroatoms. The maximum absolute atomic E-state index is 8.73. The van der Waals surface area contributed by atoms with Gasteiger partial charge < -0.3 is 5.11 Å². The molecule has 0 amide bonds. The first-order valence-electron chi connectivity index (χ1n) is 4.65. The molecule has 80 valence electrons. The smallest absolute Gasteiger partial charge is 0.0889 e. The van der Waals surface area contributed by atoms with Crippen LogP contribution >= 0.6 is 35.3 Å². The van der Waals surface area contributed by atoms with Gasteiger partial charge in [0.1, 0.15) is 0 Å². The fourth-order valence-corrected chi connectivity index (χ4v) is 4.69. The number of aliphatic hydroxyl groups is 1. The summed E-state index contributed by atoms with van der Waals surface area (Å²) in [4.78, 5) is 1.37. The highest BCUT2D eigenvalue weighted by Gasteiger charge is 2.19. The van der Waals surface area contributed by atoms with Gasteiger partial charge in [0.2, 0.25) is 0 Å². The molecule has 1 heterocycles. The highest BCUT2D eigenvalue weighted by atomic mass is 32.2. The molecule has 0 aliphatic carbocycles. The summed E-state index contributed by atoms with van der Waals surface area (Å²) >= 11 is 5.31. The first kappa shape index (κ1) is 11.5. The van der Waals surface area contributed by atoms with Crippen molar-refractivity contribution in [1.82, 2.24) is 0 Å². The van der Waals surface area contributed by atoms with Crippen LogP contribution in [-0.2, 0) is 0 Å². The summed E-state index contributed by atoms with van der Waals surface area (Å²) < 4.78 is 0.500. The van der Waals surface area contributed by atoms with Crippen LogP contribution in [0.2, 0.25) is 0 Å². The van der Waals surface area contributed by atoms with Gasteiger partial charge in [0.15, 0.2) is 0 Å². The molecule has 0 aromatic heterocycles. The highest BCUT2D eigenvalue weighted by molar-refractivity contribution is 8.22. The Morgan fingerprint density at radius 2 is 2.07 bits per heavy atom. The molecule has 1 aliphatic heterocycles. The van der Waals surface area contributed by atoms with E-state index in [1.165, 1.54) is 10.5 Å². The predicted molar refractivity (Wildman–Crippen MR) is 72.0 cm³/mol. The van der Waals surface area contributed by atoms with Crippen molar-refractivity contribution in [2.75, 3.05) is 11.7 Å². The molecule has 0 saturated carbocycles. The van der Waals surface area contributed by atoms with Crippen molar-refractivity contribution in [3.05, 3.63) is 46.2 Å². The van der Waals surface area contributed by atoms with Crippen molar-refractivity contribution in [1.29, 1.82) is 0 Å². The second kappa shape index (κ2) is 5.89. The molecule has 1 aromatic carbocycles. The lowest BCUT2D eigenvalue weighted by molar-refractivity contribution is 0.375. The standard InChI is InChI=1S/C11H12OS3/c12-8-13-6-10-7-14-11(15-10)9-4-2-1-3-5-9/h1-5,7,11-12H,6,8H2. The van der Waals surface area contributed by atoms with E-state index in [-0.39, 0.29) is 5.94 Å². The van der Waals surface area contributed by atoms with E-state index in [1.54, 1.807) is 11.8 Å². The Hall–Kier alpha value is -0.0300.